The highest BCUT2D eigenvalue weighted by Gasteiger charge is 2.12. The molecule has 6 heteroatoms. The van der Waals surface area contributed by atoms with Gasteiger partial charge in [-0.15, -0.1) is 5.10 Å². The summed E-state index contributed by atoms with van der Waals surface area (Å²) < 4.78 is 1.87. The lowest BCUT2D eigenvalue weighted by Crippen LogP contribution is -2.37. The van der Waals surface area contributed by atoms with E-state index in [4.69, 9.17) is 0 Å². The van der Waals surface area contributed by atoms with Gasteiger partial charge in [-0.1, -0.05) is 41.5 Å². The van der Waals surface area contributed by atoms with Crippen molar-refractivity contribution in [2.24, 2.45) is 0 Å². The first kappa shape index (κ1) is 18.6. The summed E-state index contributed by atoms with van der Waals surface area (Å²) in [5, 5.41) is 11.5. The van der Waals surface area contributed by atoms with Crippen LogP contribution in [0.3, 0.4) is 0 Å². The van der Waals surface area contributed by atoms with E-state index in [1.54, 1.807) is 0 Å². The van der Waals surface area contributed by atoms with Crippen LogP contribution in [0.25, 0.3) is 11.0 Å². The summed E-state index contributed by atoms with van der Waals surface area (Å²) in [7, 11) is 0. The van der Waals surface area contributed by atoms with E-state index in [1.807, 2.05) is 22.9 Å². The van der Waals surface area contributed by atoms with Crippen LogP contribution in [0.2, 0.25) is 0 Å². The molecule has 0 radical (unpaired) electrons. The van der Waals surface area contributed by atoms with E-state index < -0.39 is 0 Å². The molecule has 0 saturated carbocycles. The Balaban J connectivity index is 1.39. The molecule has 4 rings (SSSR count). The molecule has 0 unspecified atom stereocenters. The van der Waals surface area contributed by atoms with Gasteiger partial charge in [0.2, 0.25) is 0 Å². The Kier molecular flexibility index (Phi) is 5.67. The summed E-state index contributed by atoms with van der Waals surface area (Å²) in [5.41, 5.74) is 4.73. The maximum atomic E-state index is 12.5. The van der Waals surface area contributed by atoms with Gasteiger partial charge in [-0.25, -0.2) is 4.68 Å². The monoisotopic (exact) mass is 377 g/mol. The van der Waals surface area contributed by atoms with Gasteiger partial charge >= 0.3 is 0 Å². The van der Waals surface area contributed by atoms with E-state index in [0.717, 1.165) is 30.7 Å². The minimum absolute atomic E-state index is 0.0491. The van der Waals surface area contributed by atoms with Crippen molar-refractivity contribution < 1.29 is 4.79 Å². The fourth-order valence-corrected chi connectivity index (χ4v) is 3.71. The van der Waals surface area contributed by atoms with Crippen LogP contribution in [0.1, 0.15) is 40.7 Å². The van der Waals surface area contributed by atoms with Crippen molar-refractivity contribution in [2.45, 2.75) is 32.7 Å². The Morgan fingerprint density at radius 1 is 1.07 bits per heavy atom. The molecule has 2 heterocycles. The zero-order valence-corrected chi connectivity index (χ0v) is 16.4. The third-order valence-corrected chi connectivity index (χ3v) is 5.39. The number of carbonyl (C=O) groups excluding carboxylic acids is 1. The highest BCUT2D eigenvalue weighted by atomic mass is 16.1. The number of benzene rings is 2. The molecule has 2 aromatic carbocycles. The van der Waals surface area contributed by atoms with Gasteiger partial charge in [0.05, 0.1) is 12.1 Å². The summed E-state index contributed by atoms with van der Waals surface area (Å²) in [6.45, 7) is 6.63. The number of hydrogen-bond acceptors (Lipinski definition) is 4. The number of piperidine rings is 1. The lowest BCUT2D eigenvalue weighted by atomic mass is 10.1. The number of aromatic nitrogens is 3. The van der Waals surface area contributed by atoms with E-state index in [2.05, 4.69) is 51.7 Å². The van der Waals surface area contributed by atoms with Crippen LogP contribution < -0.4 is 5.32 Å². The van der Waals surface area contributed by atoms with Gasteiger partial charge in [0.25, 0.3) is 5.91 Å². The molecule has 1 aliphatic heterocycles. The minimum Gasteiger partial charge on any atom is -0.351 e. The Labute approximate surface area is 165 Å². The molecule has 1 amide bonds. The number of carbonyl (C=O) groups is 1. The maximum Gasteiger partial charge on any atom is 0.251 e. The number of likely N-dealkylation sites (tertiary alicyclic amines) is 1. The van der Waals surface area contributed by atoms with Gasteiger partial charge in [-0.3, -0.25) is 4.79 Å². The van der Waals surface area contributed by atoms with Gasteiger partial charge < -0.3 is 10.2 Å². The van der Waals surface area contributed by atoms with E-state index in [9.17, 15) is 4.79 Å². The number of fused-ring (bicyclic) bond motifs is 1. The second kappa shape index (κ2) is 8.52. The Hall–Kier alpha value is -2.73. The third kappa shape index (κ3) is 4.39. The molecule has 1 aliphatic rings. The number of amides is 1. The van der Waals surface area contributed by atoms with Gasteiger partial charge in [-0.05, 0) is 56.6 Å². The molecule has 28 heavy (non-hydrogen) atoms. The average Bonchev–Trinajstić information content (AvgIpc) is 3.12. The molecule has 0 atom stereocenters. The molecule has 0 bridgehead atoms. The maximum absolute atomic E-state index is 12.5. The van der Waals surface area contributed by atoms with E-state index in [0.29, 0.717) is 18.7 Å². The summed E-state index contributed by atoms with van der Waals surface area (Å²) in [6, 6.07) is 14.0. The van der Waals surface area contributed by atoms with Gasteiger partial charge in [-0.2, -0.15) is 0 Å². The van der Waals surface area contributed by atoms with Crippen LogP contribution in [-0.2, 0) is 6.54 Å². The molecule has 146 valence electrons. The Morgan fingerprint density at radius 3 is 2.64 bits per heavy atom. The predicted octanol–water partition coefficient (Wildman–Crippen LogP) is 3.00. The van der Waals surface area contributed by atoms with E-state index in [1.165, 1.54) is 30.4 Å². The van der Waals surface area contributed by atoms with Crippen molar-refractivity contribution in [2.75, 3.05) is 26.2 Å². The Morgan fingerprint density at radius 2 is 1.86 bits per heavy atom. The van der Waals surface area contributed by atoms with E-state index >= 15 is 0 Å². The lowest BCUT2D eigenvalue weighted by molar-refractivity contribution is 0.0946. The van der Waals surface area contributed by atoms with Crippen LogP contribution in [0.15, 0.2) is 42.5 Å². The highest BCUT2D eigenvalue weighted by molar-refractivity contribution is 5.97. The van der Waals surface area contributed by atoms with Gasteiger partial charge in [0.15, 0.2) is 0 Å². The quantitative estimate of drug-likeness (QED) is 0.717. The second-order valence-electron chi connectivity index (χ2n) is 7.59. The van der Waals surface area contributed by atoms with Crippen molar-refractivity contribution in [3.8, 4) is 0 Å². The highest BCUT2D eigenvalue weighted by Crippen LogP contribution is 2.15. The molecule has 0 spiro atoms. The zero-order chi connectivity index (χ0) is 19.3. The molecule has 3 aromatic rings. The van der Waals surface area contributed by atoms with E-state index in [-0.39, 0.29) is 5.91 Å². The molecule has 6 nitrogen and oxygen atoms in total. The first-order chi connectivity index (χ1) is 13.7. The fraction of sp³-hybridized carbons (Fsp3) is 0.409. The fourth-order valence-electron chi connectivity index (χ4n) is 3.71. The van der Waals surface area contributed by atoms with Crippen molar-refractivity contribution in [3.63, 3.8) is 0 Å². The van der Waals surface area contributed by atoms with Crippen molar-refractivity contribution in [1.82, 2.24) is 25.2 Å². The van der Waals surface area contributed by atoms with Gasteiger partial charge in [0.1, 0.15) is 5.52 Å². The average molecular weight is 377 g/mol. The first-order valence-corrected chi connectivity index (χ1v) is 10.1. The zero-order valence-electron chi connectivity index (χ0n) is 16.4. The van der Waals surface area contributed by atoms with Crippen LogP contribution in [0.4, 0.5) is 0 Å². The summed E-state index contributed by atoms with van der Waals surface area (Å²) in [6.07, 6.45) is 3.86. The SMILES string of the molecule is Cc1ccc(Cn2nnc3cc(C(=O)NCCN4CCCCC4)ccc32)cc1. The van der Waals surface area contributed by atoms with Gasteiger partial charge in [0, 0.05) is 18.7 Å². The number of nitrogens with one attached hydrogen (secondary N) is 1. The summed E-state index contributed by atoms with van der Waals surface area (Å²) >= 11 is 0. The smallest absolute Gasteiger partial charge is 0.251 e. The van der Waals surface area contributed by atoms with Crippen molar-refractivity contribution >= 4 is 16.9 Å². The number of aryl methyl sites for hydroxylation is 1. The van der Waals surface area contributed by atoms with Crippen LogP contribution in [0, 0.1) is 6.92 Å². The lowest BCUT2D eigenvalue weighted by Gasteiger charge is -2.26. The number of rotatable bonds is 6. The van der Waals surface area contributed by atoms with Crippen LogP contribution >= 0.6 is 0 Å². The molecule has 1 saturated heterocycles. The topological polar surface area (TPSA) is 63.1 Å². The molecular weight excluding hydrogens is 350 g/mol. The first-order valence-electron chi connectivity index (χ1n) is 10.1. The summed E-state index contributed by atoms with van der Waals surface area (Å²) in [4.78, 5) is 14.9. The standard InChI is InChI=1S/C22H27N5O/c1-17-5-7-18(8-6-17)16-27-21-10-9-19(15-20(21)24-25-27)22(28)23-11-14-26-12-3-2-4-13-26/h5-10,15H,2-4,11-14,16H2,1H3,(H,23,28). The molecule has 1 N–H and O–H groups in total. The molecule has 1 aromatic heterocycles. The molecular formula is C22H27N5O. The molecule has 0 aliphatic carbocycles. The third-order valence-electron chi connectivity index (χ3n) is 5.39. The minimum atomic E-state index is -0.0491. The second-order valence-corrected chi connectivity index (χ2v) is 7.59. The number of hydrogen-bond donors (Lipinski definition) is 1. The molecule has 1 fully saturated rings. The normalized spacial score (nSPS) is 15.0. The number of nitrogens with zero attached hydrogens (tertiary/aromatic N) is 4. The van der Waals surface area contributed by atoms with Crippen molar-refractivity contribution in [1.29, 1.82) is 0 Å². The van der Waals surface area contributed by atoms with Crippen LogP contribution in [0.5, 0.6) is 0 Å². The Bertz CT molecular complexity index is 941. The van der Waals surface area contributed by atoms with Crippen LogP contribution in [-0.4, -0.2) is 52.0 Å². The summed E-state index contributed by atoms with van der Waals surface area (Å²) in [5.74, 6) is -0.0491. The predicted molar refractivity (Wildman–Crippen MR) is 110 cm³/mol. The van der Waals surface area contributed by atoms with Crippen molar-refractivity contribution in [3.05, 3.63) is 59.2 Å². The largest absolute Gasteiger partial charge is 0.351 e.